The van der Waals surface area contributed by atoms with Crippen LogP contribution in [0, 0.1) is 0 Å². The number of fused-ring (bicyclic) bond motifs is 1. The third-order valence-corrected chi connectivity index (χ3v) is 3.08. The summed E-state index contributed by atoms with van der Waals surface area (Å²) in [5, 5.41) is 0. The van der Waals surface area contributed by atoms with Gasteiger partial charge in [-0.3, -0.25) is 9.69 Å². The SMILES string of the molecule is CCCc1nc(C(C)=O)c2n1CCN(C)C2. The number of carbonyl (C=O) groups excluding carboxylic acids is 1. The van der Waals surface area contributed by atoms with Crippen molar-refractivity contribution >= 4 is 5.78 Å². The molecule has 88 valence electrons. The van der Waals surface area contributed by atoms with Crippen LogP contribution in [0.3, 0.4) is 0 Å². The van der Waals surface area contributed by atoms with Gasteiger partial charge in [-0.25, -0.2) is 4.98 Å². The monoisotopic (exact) mass is 221 g/mol. The zero-order chi connectivity index (χ0) is 11.7. The molecule has 0 aliphatic carbocycles. The maximum absolute atomic E-state index is 11.5. The zero-order valence-corrected chi connectivity index (χ0v) is 10.3. The van der Waals surface area contributed by atoms with Crippen LogP contribution in [0.15, 0.2) is 0 Å². The smallest absolute Gasteiger partial charge is 0.180 e. The molecule has 0 unspecified atom stereocenters. The number of Topliss-reactive ketones (excluding diaryl/α,β-unsaturated/α-hetero) is 1. The van der Waals surface area contributed by atoms with Gasteiger partial charge in [0.05, 0.1) is 5.69 Å². The predicted octanol–water partition coefficient (Wildman–Crippen LogP) is 1.48. The van der Waals surface area contributed by atoms with Gasteiger partial charge in [-0.15, -0.1) is 0 Å². The van der Waals surface area contributed by atoms with Crippen molar-refractivity contribution in [3.8, 4) is 0 Å². The highest BCUT2D eigenvalue weighted by Crippen LogP contribution is 2.19. The lowest BCUT2D eigenvalue weighted by Crippen LogP contribution is -2.31. The molecule has 1 aromatic heterocycles. The van der Waals surface area contributed by atoms with E-state index in [1.54, 1.807) is 6.92 Å². The van der Waals surface area contributed by atoms with Crippen molar-refractivity contribution in [2.24, 2.45) is 0 Å². The first-order valence-electron chi connectivity index (χ1n) is 5.91. The van der Waals surface area contributed by atoms with Crippen LogP contribution in [0.25, 0.3) is 0 Å². The van der Waals surface area contributed by atoms with Gasteiger partial charge in [0.2, 0.25) is 0 Å². The summed E-state index contributed by atoms with van der Waals surface area (Å²) in [5.41, 5.74) is 1.78. The fourth-order valence-corrected chi connectivity index (χ4v) is 2.26. The van der Waals surface area contributed by atoms with E-state index in [1.807, 2.05) is 0 Å². The normalized spacial score (nSPS) is 16.2. The van der Waals surface area contributed by atoms with Gasteiger partial charge < -0.3 is 4.57 Å². The largest absolute Gasteiger partial charge is 0.329 e. The number of hydrogen-bond donors (Lipinski definition) is 0. The molecule has 16 heavy (non-hydrogen) atoms. The Morgan fingerprint density at radius 1 is 1.44 bits per heavy atom. The van der Waals surface area contributed by atoms with Crippen molar-refractivity contribution in [3.05, 3.63) is 17.2 Å². The summed E-state index contributed by atoms with van der Waals surface area (Å²) >= 11 is 0. The molecule has 0 bridgehead atoms. The lowest BCUT2D eigenvalue weighted by molar-refractivity contribution is 0.101. The number of imidazole rings is 1. The van der Waals surface area contributed by atoms with Crippen LogP contribution < -0.4 is 0 Å². The Morgan fingerprint density at radius 2 is 2.19 bits per heavy atom. The summed E-state index contributed by atoms with van der Waals surface area (Å²) in [4.78, 5) is 18.3. The summed E-state index contributed by atoms with van der Waals surface area (Å²) < 4.78 is 2.24. The topological polar surface area (TPSA) is 38.1 Å². The summed E-state index contributed by atoms with van der Waals surface area (Å²) in [6, 6.07) is 0. The first-order valence-corrected chi connectivity index (χ1v) is 5.91. The number of aryl methyl sites for hydroxylation is 1. The number of nitrogens with zero attached hydrogens (tertiary/aromatic N) is 3. The van der Waals surface area contributed by atoms with E-state index in [1.165, 1.54) is 0 Å². The summed E-state index contributed by atoms with van der Waals surface area (Å²) in [6.07, 6.45) is 2.04. The fraction of sp³-hybridized carbons (Fsp3) is 0.667. The Hall–Kier alpha value is -1.16. The quantitative estimate of drug-likeness (QED) is 0.726. The Labute approximate surface area is 96.3 Å². The second-order valence-electron chi connectivity index (χ2n) is 4.52. The molecule has 4 nitrogen and oxygen atoms in total. The highest BCUT2D eigenvalue weighted by atomic mass is 16.1. The number of rotatable bonds is 3. The highest BCUT2D eigenvalue weighted by molar-refractivity contribution is 5.93. The third kappa shape index (κ3) is 1.89. The summed E-state index contributed by atoms with van der Waals surface area (Å²) in [6.45, 7) is 6.59. The minimum atomic E-state index is 0.0846. The average molecular weight is 221 g/mol. The van der Waals surface area contributed by atoms with Gasteiger partial charge in [0.15, 0.2) is 5.78 Å². The fourth-order valence-electron chi connectivity index (χ4n) is 2.26. The highest BCUT2D eigenvalue weighted by Gasteiger charge is 2.23. The van der Waals surface area contributed by atoms with Crippen LogP contribution in [0.5, 0.6) is 0 Å². The van der Waals surface area contributed by atoms with E-state index >= 15 is 0 Å². The van der Waals surface area contributed by atoms with Crippen LogP contribution >= 0.6 is 0 Å². The molecule has 4 heteroatoms. The van der Waals surface area contributed by atoms with Crippen molar-refractivity contribution in [2.45, 2.75) is 39.8 Å². The Morgan fingerprint density at radius 3 is 2.81 bits per heavy atom. The maximum Gasteiger partial charge on any atom is 0.180 e. The van der Waals surface area contributed by atoms with Gasteiger partial charge in [0.25, 0.3) is 0 Å². The number of hydrogen-bond acceptors (Lipinski definition) is 3. The molecule has 1 aromatic rings. The number of aromatic nitrogens is 2. The van der Waals surface area contributed by atoms with E-state index in [0.29, 0.717) is 5.69 Å². The van der Waals surface area contributed by atoms with E-state index in [2.05, 4.69) is 28.4 Å². The molecule has 0 saturated carbocycles. The average Bonchev–Trinajstić information content (AvgIpc) is 2.57. The zero-order valence-electron chi connectivity index (χ0n) is 10.3. The van der Waals surface area contributed by atoms with E-state index in [9.17, 15) is 4.79 Å². The van der Waals surface area contributed by atoms with Gasteiger partial charge in [-0.2, -0.15) is 0 Å². The van der Waals surface area contributed by atoms with Crippen molar-refractivity contribution in [1.82, 2.24) is 14.5 Å². The molecule has 1 aliphatic rings. The Balaban J connectivity index is 2.44. The molecule has 0 fully saturated rings. The van der Waals surface area contributed by atoms with Gasteiger partial charge in [-0.05, 0) is 13.5 Å². The molecule has 0 saturated heterocycles. The second-order valence-corrected chi connectivity index (χ2v) is 4.52. The molecule has 0 spiro atoms. The standard InChI is InChI=1S/C12H19N3O/c1-4-5-11-13-12(9(2)16)10-8-14(3)6-7-15(10)11/h4-8H2,1-3H3. The molecular formula is C12H19N3O. The molecule has 0 amide bonds. The van der Waals surface area contributed by atoms with Crippen molar-refractivity contribution in [3.63, 3.8) is 0 Å². The molecule has 0 aromatic carbocycles. The first-order chi connectivity index (χ1) is 7.63. The number of carbonyl (C=O) groups is 1. The molecule has 0 radical (unpaired) electrons. The molecular weight excluding hydrogens is 202 g/mol. The van der Waals surface area contributed by atoms with Gasteiger partial charge in [0.1, 0.15) is 11.5 Å². The third-order valence-electron chi connectivity index (χ3n) is 3.08. The van der Waals surface area contributed by atoms with Gasteiger partial charge in [-0.1, -0.05) is 6.92 Å². The van der Waals surface area contributed by atoms with Crippen molar-refractivity contribution in [2.75, 3.05) is 13.6 Å². The molecule has 0 N–H and O–H groups in total. The summed E-state index contributed by atoms with van der Waals surface area (Å²) in [7, 11) is 2.08. The number of likely N-dealkylation sites (N-methyl/N-ethyl adjacent to an activating group) is 1. The van der Waals surface area contributed by atoms with Crippen LogP contribution in [0.4, 0.5) is 0 Å². The van der Waals surface area contributed by atoms with Gasteiger partial charge in [0, 0.05) is 33.0 Å². The Bertz CT molecular complexity index is 409. The lowest BCUT2D eigenvalue weighted by atomic mass is 10.2. The predicted molar refractivity (Wildman–Crippen MR) is 62.6 cm³/mol. The molecule has 2 rings (SSSR count). The lowest BCUT2D eigenvalue weighted by Gasteiger charge is -2.25. The van der Waals surface area contributed by atoms with E-state index in [4.69, 9.17) is 0 Å². The van der Waals surface area contributed by atoms with Crippen molar-refractivity contribution in [1.29, 1.82) is 0 Å². The number of ketones is 1. The molecule has 2 heterocycles. The van der Waals surface area contributed by atoms with Crippen molar-refractivity contribution < 1.29 is 4.79 Å². The second kappa shape index (κ2) is 4.37. The van der Waals surface area contributed by atoms with E-state index in [0.717, 1.165) is 44.0 Å². The van der Waals surface area contributed by atoms with Gasteiger partial charge >= 0.3 is 0 Å². The van der Waals surface area contributed by atoms with Crippen LogP contribution in [0.1, 0.15) is 42.3 Å². The Kier molecular flexibility index (Phi) is 3.10. The minimum Gasteiger partial charge on any atom is -0.329 e. The first kappa shape index (κ1) is 11.3. The van der Waals surface area contributed by atoms with Crippen LogP contribution in [-0.2, 0) is 19.5 Å². The summed E-state index contributed by atoms with van der Waals surface area (Å²) in [5.74, 6) is 1.16. The molecule has 0 atom stereocenters. The molecule has 1 aliphatic heterocycles. The van der Waals surface area contributed by atoms with E-state index < -0.39 is 0 Å². The van der Waals surface area contributed by atoms with Crippen LogP contribution in [-0.4, -0.2) is 33.8 Å². The van der Waals surface area contributed by atoms with E-state index in [-0.39, 0.29) is 5.78 Å². The minimum absolute atomic E-state index is 0.0846. The maximum atomic E-state index is 11.5. The van der Waals surface area contributed by atoms with Crippen LogP contribution in [0.2, 0.25) is 0 Å².